The molecule has 0 spiro atoms. The molecule has 1 heterocycles. The lowest BCUT2D eigenvalue weighted by Gasteiger charge is -2.30. The number of nitrogens with two attached hydrogens (primary N) is 1. The summed E-state index contributed by atoms with van der Waals surface area (Å²) in [5.74, 6) is 1.24. The largest absolute Gasteiger partial charge is 0.381 e. The summed E-state index contributed by atoms with van der Waals surface area (Å²) >= 11 is 0. The van der Waals surface area contributed by atoms with Crippen LogP contribution in [-0.4, -0.2) is 22.6 Å². The van der Waals surface area contributed by atoms with Crippen molar-refractivity contribution < 1.29 is 4.52 Å². The first kappa shape index (κ1) is 10.1. The van der Waals surface area contributed by atoms with Gasteiger partial charge >= 0.3 is 0 Å². The van der Waals surface area contributed by atoms with Gasteiger partial charge in [-0.05, 0) is 27.8 Å². The van der Waals surface area contributed by atoms with E-state index >= 15 is 0 Å². The molecule has 0 saturated carbocycles. The maximum atomic E-state index is 5.44. The molecule has 0 aliphatic rings. The average Bonchev–Trinajstić information content (AvgIpc) is 2.33. The molecule has 4 nitrogen and oxygen atoms in total. The van der Waals surface area contributed by atoms with Gasteiger partial charge in [0.25, 0.3) is 0 Å². The van der Waals surface area contributed by atoms with Gasteiger partial charge in [0.05, 0.1) is 6.54 Å². The topological polar surface area (TPSA) is 55.3 Å². The molecule has 0 aliphatic carbocycles. The van der Waals surface area contributed by atoms with Gasteiger partial charge in [-0.2, -0.15) is 0 Å². The van der Waals surface area contributed by atoms with Crippen LogP contribution in [0.2, 0.25) is 0 Å². The summed E-state index contributed by atoms with van der Waals surface area (Å²) in [5.41, 5.74) is 5.57. The second-order valence-corrected chi connectivity index (χ2v) is 4.24. The molecule has 0 radical (unpaired) electrons. The highest BCUT2D eigenvalue weighted by Gasteiger charge is 2.18. The summed E-state index contributed by atoms with van der Waals surface area (Å²) in [7, 11) is 2.04. The van der Waals surface area contributed by atoms with E-state index in [1.165, 1.54) is 0 Å². The predicted octanol–water partition coefficient (Wildman–Crippen LogP) is 1.49. The molecule has 0 bridgehead atoms. The van der Waals surface area contributed by atoms with Crippen molar-refractivity contribution in [1.82, 2.24) is 10.1 Å². The van der Waals surface area contributed by atoms with Gasteiger partial charge in [0.1, 0.15) is 0 Å². The second kappa shape index (κ2) is 3.38. The molecule has 1 rings (SSSR count). The van der Waals surface area contributed by atoms with Crippen LogP contribution in [0.3, 0.4) is 0 Å². The van der Waals surface area contributed by atoms with Crippen molar-refractivity contribution in [3.05, 3.63) is 11.8 Å². The maximum absolute atomic E-state index is 5.44. The predicted molar refractivity (Wildman–Crippen MR) is 52.1 cm³/mol. The highest BCUT2D eigenvalue weighted by Crippen LogP contribution is 2.15. The third-order valence-corrected chi connectivity index (χ3v) is 2.12. The zero-order valence-electron chi connectivity index (χ0n) is 8.66. The first-order valence-corrected chi connectivity index (χ1v) is 4.32. The lowest BCUT2D eigenvalue weighted by atomic mass is 10.1. The van der Waals surface area contributed by atoms with Crippen molar-refractivity contribution in [2.24, 2.45) is 0 Å². The summed E-state index contributed by atoms with van der Waals surface area (Å²) in [6.45, 7) is 7.17. The lowest BCUT2D eigenvalue weighted by Crippen LogP contribution is -2.37. The first-order chi connectivity index (χ1) is 5.89. The standard InChI is InChI=1S/C9H17N3O/c1-9(2,3)12(4)6-7-5-8(10)11-13-7/h5H,6H2,1-4H3,(H2,10,11). The van der Waals surface area contributed by atoms with Crippen molar-refractivity contribution in [2.75, 3.05) is 12.8 Å². The normalized spacial score (nSPS) is 12.4. The fraction of sp³-hybridized carbons (Fsp3) is 0.667. The Morgan fingerprint density at radius 1 is 1.54 bits per heavy atom. The van der Waals surface area contributed by atoms with E-state index in [4.69, 9.17) is 10.3 Å². The van der Waals surface area contributed by atoms with Crippen LogP contribution >= 0.6 is 0 Å². The van der Waals surface area contributed by atoms with Crippen LogP contribution < -0.4 is 5.73 Å². The van der Waals surface area contributed by atoms with Crippen LogP contribution in [0.25, 0.3) is 0 Å². The van der Waals surface area contributed by atoms with Gasteiger partial charge in [-0.25, -0.2) is 0 Å². The second-order valence-electron chi connectivity index (χ2n) is 4.24. The van der Waals surface area contributed by atoms with Gasteiger partial charge in [0.15, 0.2) is 11.6 Å². The van der Waals surface area contributed by atoms with Crippen molar-refractivity contribution in [3.8, 4) is 0 Å². The molecular formula is C9H17N3O. The molecule has 0 fully saturated rings. The number of nitrogen functional groups attached to an aromatic ring is 1. The van der Waals surface area contributed by atoms with Gasteiger partial charge in [0.2, 0.25) is 0 Å². The molecule has 0 atom stereocenters. The van der Waals surface area contributed by atoms with Gasteiger partial charge in [-0.15, -0.1) is 0 Å². The molecule has 0 aromatic carbocycles. The zero-order valence-corrected chi connectivity index (χ0v) is 8.66. The Kier molecular flexibility index (Phi) is 2.61. The Bertz CT molecular complexity index is 275. The third-order valence-electron chi connectivity index (χ3n) is 2.12. The molecule has 74 valence electrons. The Hall–Kier alpha value is -1.03. The molecule has 0 saturated heterocycles. The zero-order chi connectivity index (χ0) is 10.1. The van der Waals surface area contributed by atoms with E-state index in [0.29, 0.717) is 5.82 Å². The maximum Gasteiger partial charge on any atom is 0.167 e. The van der Waals surface area contributed by atoms with Gasteiger partial charge in [-0.3, -0.25) is 4.90 Å². The molecule has 2 N–H and O–H groups in total. The Labute approximate surface area is 78.7 Å². The van der Waals surface area contributed by atoms with Crippen molar-refractivity contribution in [2.45, 2.75) is 32.9 Å². The van der Waals surface area contributed by atoms with Crippen LogP contribution in [0.5, 0.6) is 0 Å². The van der Waals surface area contributed by atoms with Gasteiger partial charge in [0, 0.05) is 11.6 Å². The average molecular weight is 183 g/mol. The van der Waals surface area contributed by atoms with E-state index in [2.05, 4.69) is 30.8 Å². The van der Waals surface area contributed by atoms with Crippen LogP contribution in [-0.2, 0) is 6.54 Å². The SMILES string of the molecule is CN(Cc1cc(N)no1)C(C)(C)C. The summed E-state index contributed by atoms with van der Waals surface area (Å²) in [6.07, 6.45) is 0. The minimum absolute atomic E-state index is 0.127. The van der Waals surface area contributed by atoms with E-state index in [1.54, 1.807) is 6.07 Å². The molecule has 0 unspecified atom stereocenters. The van der Waals surface area contributed by atoms with Crippen LogP contribution in [0.4, 0.5) is 5.82 Å². The molecule has 1 aromatic rings. The number of anilines is 1. The fourth-order valence-corrected chi connectivity index (χ4v) is 0.874. The van der Waals surface area contributed by atoms with Crippen LogP contribution in [0.1, 0.15) is 26.5 Å². The van der Waals surface area contributed by atoms with Crippen molar-refractivity contribution in [1.29, 1.82) is 0 Å². The highest BCUT2D eigenvalue weighted by molar-refractivity contribution is 5.26. The quantitative estimate of drug-likeness (QED) is 0.754. The third kappa shape index (κ3) is 2.73. The molecule has 0 amide bonds. The summed E-state index contributed by atoms with van der Waals surface area (Å²) in [6, 6.07) is 1.75. The van der Waals surface area contributed by atoms with Crippen molar-refractivity contribution in [3.63, 3.8) is 0 Å². The van der Waals surface area contributed by atoms with E-state index in [9.17, 15) is 0 Å². The smallest absolute Gasteiger partial charge is 0.167 e. The number of hydrogen-bond acceptors (Lipinski definition) is 4. The first-order valence-electron chi connectivity index (χ1n) is 4.32. The number of aromatic nitrogens is 1. The lowest BCUT2D eigenvalue weighted by molar-refractivity contribution is 0.150. The highest BCUT2D eigenvalue weighted by atomic mass is 16.5. The summed E-state index contributed by atoms with van der Waals surface area (Å²) < 4.78 is 5.01. The minimum Gasteiger partial charge on any atom is -0.381 e. The van der Waals surface area contributed by atoms with Crippen LogP contribution in [0, 0.1) is 0 Å². The Morgan fingerprint density at radius 3 is 2.54 bits per heavy atom. The number of rotatable bonds is 2. The van der Waals surface area contributed by atoms with E-state index < -0.39 is 0 Å². The molecule has 4 heteroatoms. The molecule has 13 heavy (non-hydrogen) atoms. The Balaban J connectivity index is 2.60. The molecule has 0 aliphatic heterocycles. The monoisotopic (exact) mass is 183 g/mol. The van der Waals surface area contributed by atoms with Gasteiger partial charge < -0.3 is 10.3 Å². The Morgan fingerprint density at radius 2 is 2.15 bits per heavy atom. The summed E-state index contributed by atoms with van der Waals surface area (Å²) in [5, 5.41) is 3.63. The number of nitrogens with zero attached hydrogens (tertiary/aromatic N) is 2. The number of hydrogen-bond donors (Lipinski definition) is 1. The van der Waals surface area contributed by atoms with E-state index in [-0.39, 0.29) is 5.54 Å². The molecular weight excluding hydrogens is 166 g/mol. The van der Waals surface area contributed by atoms with E-state index in [0.717, 1.165) is 12.3 Å². The fourth-order valence-electron chi connectivity index (χ4n) is 0.874. The van der Waals surface area contributed by atoms with E-state index in [1.807, 2.05) is 7.05 Å². The summed E-state index contributed by atoms with van der Waals surface area (Å²) in [4.78, 5) is 2.17. The minimum atomic E-state index is 0.127. The van der Waals surface area contributed by atoms with Crippen molar-refractivity contribution >= 4 is 5.82 Å². The van der Waals surface area contributed by atoms with Crippen LogP contribution in [0.15, 0.2) is 10.6 Å². The van der Waals surface area contributed by atoms with Gasteiger partial charge in [-0.1, -0.05) is 5.16 Å². The molecule has 1 aromatic heterocycles.